The van der Waals surface area contributed by atoms with Gasteiger partial charge in [-0.25, -0.2) is 0 Å². The number of rotatable bonds is 8. The summed E-state index contributed by atoms with van der Waals surface area (Å²) in [6.07, 6.45) is 5.82. The molecule has 0 atom stereocenters. The van der Waals surface area contributed by atoms with E-state index in [4.69, 9.17) is 0 Å². The van der Waals surface area contributed by atoms with E-state index in [9.17, 15) is 4.39 Å². The first-order chi connectivity index (χ1) is 8.77. The van der Waals surface area contributed by atoms with Gasteiger partial charge in [-0.1, -0.05) is 0 Å². The van der Waals surface area contributed by atoms with Gasteiger partial charge in [0.25, 0.3) is 0 Å². The molecular weight excluding hydrogens is 290 g/mol. The van der Waals surface area contributed by atoms with Crippen molar-refractivity contribution >= 4 is 19.4 Å². The molecule has 0 amide bonds. The van der Waals surface area contributed by atoms with E-state index in [-0.39, 0.29) is 20.8 Å². The minimum atomic E-state index is 0.161. The van der Waals surface area contributed by atoms with Crippen LogP contribution in [0.4, 0.5) is 4.39 Å². The molecule has 2 heteroatoms. The van der Waals surface area contributed by atoms with Crippen molar-refractivity contribution in [2.24, 2.45) is 0 Å². The monoisotopic (exact) mass is 314 g/mol. The van der Waals surface area contributed by atoms with Gasteiger partial charge in [-0.3, -0.25) is 0 Å². The van der Waals surface area contributed by atoms with E-state index < -0.39 is 0 Å². The zero-order valence-corrected chi connectivity index (χ0v) is 13.1. The van der Waals surface area contributed by atoms with Crippen LogP contribution >= 0.6 is 0 Å². The minimum absolute atomic E-state index is 0.161. The Morgan fingerprint density at radius 3 is 2.22 bits per heavy atom. The molecule has 0 radical (unpaired) electrons. The molecule has 100 valence electrons. The fraction of sp³-hybridized carbons (Fsp3) is 0.500. The second-order valence-corrected chi connectivity index (χ2v) is 6.90. The van der Waals surface area contributed by atoms with Gasteiger partial charge in [0.1, 0.15) is 0 Å². The summed E-state index contributed by atoms with van der Waals surface area (Å²) in [5.41, 5.74) is 0. The fourth-order valence-electron chi connectivity index (χ4n) is 1.68. The third-order valence-electron chi connectivity index (χ3n) is 2.79. The van der Waals surface area contributed by atoms with Crippen LogP contribution in [0.3, 0.4) is 0 Å². The number of allylic oxidation sites excluding steroid dienone is 2. The van der Waals surface area contributed by atoms with Crippen LogP contribution in [0.25, 0.3) is 0 Å². The van der Waals surface area contributed by atoms with Crippen LogP contribution < -0.4 is 4.46 Å². The third kappa shape index (κ3) is 5.84. The maximum absolute atomic E-state index is 14.2. The molecule has 18 heavy (non-hydrogen) atoms. The molecule has 0 nitrogen and oxygen atoms in total. The van der Waals surface area contributed by atoms with E-state index in [2.05, 4.69) is 26.0 Å². The average molecular weight is 313 g/mol. The zero-order valence-electron chi connectivity index (χ0n) is 11.4. The fourth-order valence-corrected chi connectivity index (χ4v) is 3.86. The summed E-state index contributed by atoms with van der Waals surface area (Å²) in [6.45, 7) is 4.28. The first-order valence-electron chi connectivity index (χ1n) is 6.88. The summed E-state index contributed by atoms with van der Waals surface area (Å²) in [4.78, 5) is 0. The molecule has 0 spiro atoms. The van der Waals surface area contributed by atoms with Crippen LogP contribution in [0.1, 0.15) is 52.4 Å². The van der Waals surface area contributed by atoms with E-state index in [0.717, 1.165) is 36.6 Å². The number of hydrogen-bond donors (Lipinski definition) is 0. The van der Waals surface area contributed by atoms with Gasteiger partial charge < -0.3 is 0 Å². The Kier molecular flexibility index (Phi) is 8.04. The molecule has 1 aromatic rings. The van der Waals surface area contributed by atoms with Crippen LogP contribution in [0.2, 0.25) is 0 Å². The van der Waals surface area contributed by atoms with Crippen LogP contribution in [-0.2, 0) is 0 Å². The molecule has 1 rings (SSSR count). The van der Waals surface area contributed by atoms with E-state index in [1.165, 1.54) is 4.46 Å². The summed E-state index contributed by atoms with van der Waals surface area (Å²) < 4.78 is 16.5. The van der Waals surface area contributed by atoms with Crippen molar-refractivity contribution in [3.63, 3.8) is 0 Å². The molecule has 0 heterocycles. The number of unbranched alkanes of at least 4 members (excludes halogenated alkanes) is 2. The van der Waals surface area contributed by atoms with Crippen LogP contribution in [-0.4, -0.2) is 15.0 Å². The van der Waals surface area contributed by atoms with Gasteiger partial charge in [-0.2, -0.15) is 0 Å². The van der Waals surface area contributed by atoms with E-state index >= 15 is 0 Å². The molecule has 0 saturated carbocycles. The quantitative estimate of drug-likeness (QED) is 0.616. The Balaban J connectivity index is 2.71. The predicted molar refractivity (Wildman–Crippen MR) is 79.0 cm³/mol. The molecule has 0 aliphatic carbocycles. The Hall–Kier alpha value is -0.591. The van der Waals surface area contributed by atoms with Crippen molar-refractivity contribution < 1.29 is 4.39 Å². The second kappa shape index (κ2) is 9.35. The first-order valence-corrected chi connectivity index (χ1v) is 8.59. The topological polar surface area (TPSA) is 0 Å². The first kappa shape index (κ1) is 15.5. The Labute approximate surface area is 117 Å². The molecule has 0 bridgehead atoms. The van der Waals surface area contributed by atoms with Crippen molar-refractivity contribution in [3.8, 4) is 0 Å². The van der Waals surface area contributed by atoms with Gasteiger partial charge >= 0.3 is 117 Å². The van der Waals surface area contributed by atoms with Crippen molar-refractivity contribution in [3.05, 3.63) is 40.6 Å². The van der Waals surface area contributed by atoms with Gasteiger partial charge in [0, 0.05) is 0 Å². The van der Waals surface area contributed by atoms with Crippen LogP contribution in [0.5, 0.6) is 0 Å². The SMILES string of the molecule is CCCC/C(F)=C(/CCCC)[Se]c1ccccc1. The van der Waals surface area contributed by atoms with Crippen molar-refractivity contribution in [2.45, 2.75) is 52.4 Å². The Bertz CT molecular complexity index is 357. The average Bonchev–Trinajstić information content (AvgIpc) is 2.42. The molecule has 0 unspecified atom stereocenters. The summed E-state index contributed by atoms with van der Waals surface area (Å²) in [5, 5.41) is 0. The van der Waals surface area contributed by atoms with Crippen molar-refractivity contribution in [1.82, 2.24) is 0 Å². The maximum atomic E-state index is 14.2. The molecule has 0 aromatic heterocycles. The summed E-state index contributed by atoms with van der Waals surface area (Å²) in [5.74, 6) is 0.161. The normalized spacial score (nSPS) is 12.4. The van der Waals surface area contributed by atoms with Crippen LogP contribution in [0, 0.1) is 0 Å². The molecular formula is C16H23FSe. The summed E-state index contributed by atoms with van der Waals surface area (Å²) in [7, 11) is 0. The predicted octanol–water partition coefficient (Wildman–Crippen LogP) is 4.58. The standard InChI is InChI=1S/C16H23FSe/c1-3-5-12-15(17)16(13-6-4-2)18-14-10-8-7-9-11-14/h7-11H,3-6,12-13H2,1-2H3/b16-15+. The van der Waals surface area contributed by atoms with Crippen molar-refractivity contribution in [2.75, 3.05) is 0 Å². The van der Waals surface area contributed by atoms with E-state index in [1.807, 2.05) is 18.2 Å². The van der Waals surface area contributed by atoms with Gasteiger partial charge in [0.2, 0.25) is 0 Å². The Morgan fingerprint density at radius 1 is 1.00 bits per heavy atom. The molecule has 0 N–H and O–H groups in total. The summed E-state index contributed by atoms with van der Waals surface area (Å²) in [6, 6.07) is 10.3. The number of halogens is 1. The van der Waals surface area contributed by atoms with Gasteiger partial charge in [0.15, 0.2) is 0 Å². The molecule has 0 saturated heterocycles. The number of hydrogen-bond acceptors (Lipinski definition) is 0. The van der Waals surface area contributed by atoms with Gasteiger partial charge in [-0.05, 0) is 0 Å². The summed E-state index contributed by atoms with van der Waals surface area (Å²) >= 11 is 0.161. The second-order valence-electron chi connectivity index (χ2n) is 4.45. The molecule has 0 aliphatic rings. The zero-order chi connectivity index (χ0) is 13.2. The van der Waals surface area contributed by atoms with Crippen molar-refractivity contribution in [1.29, 1.82) is 0 Å². The van der Waals surface area contributed by atoms with E-state index in [0.29, 0.717) is 6.42 Å². The van der Waals surface area contributed by atoms with E-state index in [1.54, 1.807) is 0 Å². The number of benzene rings is 1. The third-order valence-corrected chi connectivity index (χ3v) is 5.27. The van der Waals surface area contributed by atoms with Gasteiger partial charge in [0.05, 0.1) is 0 Å². The molecule has 0 fully saturated rings. The molecule has 0 aliphatic heterocycles. The molecule has 1 aromatic carbocycles. The van der Waals surface area contributed by atoms with Gasteiger partial charge in [-0.15, -0.1) is 0 Å². The van der Waals surface area contributed by atoms with Crippen LogP contribution in [0.15, 0.2) is 40.6 Å². The Morgan fingerprint density at radius 2 is 1.61 bits per heavy atom.